The Morgan fingerprint density at radius 1 is 0.902 bits per heavy atom. The second-order valence-electron chi connectivity index (χ2n) is 9.85. The van der Waals surface area contributed by atoms with Crippen LogP contribution in [-0.4, -0.2) is 74.7 Å². The number of nitrogens with one attached hydrogen (secondary N) is 1. The van der Waals surface area contributed by atoms with E-state index in [9.17, 15) is 34.6 Å². The van der Waals surface area contributed by atoms with Crippen LogP contribution < -0.4 is 5.32 Å². The number of non-ortho nitro benzene ring substituents is 2. The second kappa shape index (κ2) is 13.3. The average Bonchev–Trinajstić information content (AvgIpc) is 3.57. The van der Waals surface area contributed by atoms with Gasteiger partial charge in [0.05, 0.1) is 15.9 Å². The lowest BCUT2D eigenvalue weighted by Gasteiger charge is -2.25. The smallest absolute Gasteiger partial charge is 0.410 e. The van der Waals surface area contributed by atoms with Crippen molar-refractivity contribution in [2.75, 3.05) is 19.6 Å². The van der Waals surface area contributed by atoms with Crippen LogP contribution in [0.25, 0.3) is 0 Å². The second-order valence-corrected chi connectivity index (χ2v) is 10.6. The number of thiol groups is 1. The molecule has 0 aliphatic carbocycles. The molecule has 2 saturated heterocycles. The number of carbonyl (C=O) groups is 3. The summed E-state index contributed by atoms with van der Waals surface area (Å²) >= 11 is 4.49. The van der Waals surface area contributed by atoms with Crippen LogP contribution in [0.5, 0.6) is 0 Å². The zero-order valence-electron chi connectivity index (χ0n) is 21.9. The third-order valence-electron chi connectivity index (χ3n) is 6.93. The minimum Gasteiger partial charge on any atom is -0.445 e. The molecule has 15 heteroatoms. The monoisotopic (exact) mass is 587 g/mol. The molecule has 14 nitrogen and oxygen atoms in total. The summed E-state index contributed by atoms with van der Waals surface area (Å²) in [6.45, 7) is 0.943. The number of carbonyl (C=O) groups excluding carboxylic acids is 3. The zero-order valence-corrected chi connectivity index (χ0v) is 22.8. The van der Waals surface area contributed by atoms with Gasteiger partial charge >= 0.3 is 12.2 Å². The number of hydrogen-bond acceptors (Lipinski definition) is 10. The van der Waals surface area contributed by atoms with E-state index in [1.165, 1.54) is 53.4 Å². The lowest BCUT2D eigenvalue weighted by atomic mass is 10.1. The molecule has 4 rings (SSSR count). The normalized spacial score (nSPS) is 20.0. The molecule has 2 aliphatic rings. The minimum absolute atomic E-state index is 0.0537. The zero-order chi connectivity index (χ0) is 29.5. The molecule has 3 atom stereocenters. The first-order valence-electron chi connectivity index (χ1n) is 12.9. The highest BCUT2D eigenvalue weighted by atomic mass is 32.1. The molecule has 2 aromatic rings. The van der Waals surface area contributed by atoms with Crippen molar-refractivity contribution in [3.8, 4) is 0 Å². The lowest BCUT2D eigenvalue weighted by molar-refractivity contribution is -0.385. The number of likely N-dealkylation sites (tertiary alicyclic amines) is 2. The van der Waals surface area contributed by atoms with E-state index in [0.717, 1.165) is 0 Å². The van der Waals surface area contributed by atoms with Crippen LogP contribution in [0.2, 0.25) is 0 Å². The van der Waals surface area contributed by atoms with Crippen molar-refractivity contribution in [3.63, 3.8) is 0 Å². The molecule has 0 saturated carbocycles. The Hall–Kier alpha value is -4.40. The van der Waals surface area contributed by atoms with Crippen molar-refractivity contribution in [3.05, 3.63) is 79.9 Å². The Balaban J connectivity index is 1.21. The van der Waals surface area contributed by atoms with Gasteiger partial charge in [0.25, 0.3) is 11.4 Å². The summed E-state index contributed by atoms with van der Waals surface area (Å²) in [6, 6.07) is 10.7. The first kappa shape index (κ1) is 29.6. The number of benzene rings is 2. The van der Waals surface area contributed by atoms with Crippen LogP contribution in [-0.2, 0) is 27.5 Å². The molecule has 41 heavy (non-hydrogen) atoms. The van der Waals surface area contributed by atoms with Crippen LogP contribution in [0, 0.1) is 20.2 Å². The van der Waals surface area contributed by atoms with Gasteiger partial charge in [0.15, 0.2) is 0 Å². The fourth-order valence-electron chi connectivity index (χ4n) is 4.76. The minimum atomic E-state index is -0.654. The first-order valence-corrected chi connectivity index (χ1v) is 13.4. The Labute approximate surface area is 240 Å². The highest BCUT2D eigenvalue weighted by Crippen LogP contribution is 2.27. The van der Waals surface area contributed by atoms with Gasteiger partial charge in [-0.3, -0.25) is 25.0 Å². The Kier molecular flexibility index (Phi) is 9.60. The average molecular weight is 588 g/mol. The number of alkyl carbamates (subject to hydrolysis) is 1. The van der Waals surface area contributed by atoms with Crippen LogP contribution in [0.1, 0.15) is 30.4 Å². The molecule has 1 N–H and O–H groups in total. The van der Waals surface area contributed by atoms with Crippen molar-refractivity contribution >= 4 is 42.1 Å². The largest absolute Gasteiger partial charge is 0.445 e. The van der Waals surface area contributed by atoms with Crippen molar-refractivity contribution in [2.24, 2.45) is 0 Å². The SMILES string of the molecule is O=C(N[C@H]1CCN(C(=O)C[C@@H]2C[C@H](S)CN2C(=O)OCc2ccc([N+](=O)[O-])cc2)C1)OCc1ccc([N+](=O)[O-])cc1. The van der Waals surface area contributed by atoms with E-state index in [-0.39, 0.29) is 48.2 Å². The maximum absolute atomic E-state index is 13.0. The first-order chi connectivity index (χ1) is 19.6. The predicted molar refractivity (Wildman–Crippen MR) is 147 cm³/mol. The summed E-state index contributed by atoms with van der Waals surface area (Å²) in [4.78, 5) is 61.7. The van der Waals surface area contributed by atoms with Gasteiger partial charge in [0.2, 0.25) is 5.91 Å². The van der Waals surface area contributed by atoms with Crippen molar-refractivity contribution in [2.45, 2.75) is 49.8 Å². The van der Waals surface area contributed by atoms with E-state index in [0.29, 0.717) is 43.6 Å². The maximum atomic E-state index is 13.0. The number of nitrogens with zero attached hydrogens (tertiary/aromatic N) is 4. The molecular formula is C26H29N5O9S. The van der Waals surface area contributed by atoms with Gasteiger partial charge in [-0.1, -0.05) is 0 Å². The number of nitro groups is 2. The van der Waals surface area contributed by atoms with E-state index >= 15 is 0 Å². The Bertz CT molecular complexity index is 1290. The number of amides is 3. The molecule has 2 aliphatic heterocycles. The standard InChI is InChI=1S/C26H29N5O9S/c32-24(28-10-9-19(13-28)27-25(33)39-15-17-1-5-20(6-2-17)30(35)36)12-22-11-23(41)14-29(22)26(34)40-16-18-3-7-21(8-4-18)31(37)38/h1-8,19,22-23,41H,9-16H2,(H,27,33)/t19-,22-,23-/m0/s1. The summed E-state index contributed by atoms with van der Waals surface area (Å²) < 4.78 is 10.6. The maximum Gasteiger partial charge on any atom is 0.410 e. The molecule has 0 spiro atoms. The van der Waals surface area contributed by atoms with Crippen LogP contribution in [0.15, 0.2) is 48.5 Å². The fourth-order valence-corrected chi connectivity index (χ4v) is 5.18. The topological polar surface area (TPSA) is 174 Å². The molecule has 0 radical (unpaired) electrons. The van der Waals surface area contributed by atoms with Gasteiger partial charge in [-0.15, -0.1) is 0 Å². The number of rotatable bonds is 9. The molecule has 2 fully saturated rings. The molecule has 0 aromatic heterocycles. The van der Waals surface area contributed by atoms with Gasteiger partial charge in [-0.25, -0.2) is 9.59 Å². The molecule has 2 heterocycles. The Morgan fingerprint density at radius 2 is 1.46 bits per heavy atom. The number of hydrogen-bond donors (Lipinski definition) is 2. The van der Waals surface area contributed by atoms with E-state index in [4.69, 9.17) is 9.47 Å². The van der Waals surface area contributed by atoms with Gasteiger partial charge in [-0.2, -0.15) is 12.6 Å². The summed E-state index contributed by atoms with van der Waals surface area (Å²) in [5.74, 6) is -0.158. The molecule has 2 aromatic carbocycles. The van der Waals surface area contributed by atoms with Crippen molar-refractivity contribution < 1.29 is 33.7 Å². The molecule has 0 unspecified atom stereocenters. The van der Waals surface area contributed by atoms with Crippen LogP contribution >= 0.6 is 12.6 Å². The van der Waals surface area contributed by atoms with Crippen LogP contribution in [0.4, 0.5) is 21.0 Å². The van der Waals surface area contributed by atoms with Gasteiger partial charge < -0.3 is 24.6 Å². The van der Waals surface area contributed by atoms with E-state index in [1.807, 2.05) is 0 Å². The molecular weight excluding hydrogens is 558 g/mol. The highest BCUT2D eigenvalue weighted by Gasteiger charge is 2.38. The summed E-state index contributed by atoms with van der Waals surface area (Å²) in [6.07, 6.45) is -0.0978. The quantitative estimate of drug-likeness (QED) is 0.253. The van der Waals surface area contributed by atoms with Gasteiger partial charge in [-0.05, 0) is 48.2 Å². The molecule has 218 valence electrons. The molecule has 0 bridgehead atoms. The summed E-state index contributed by atoms with van der Waals surface area (Å²) in [5, 5.41) is 24.2. The summed E-state index contributed by atoms with van der Waals surface area (Å²) in [5.41, 5.74) is 1.08. The van der Waals surface area contributed by atoms with Gasteiger partial charge in [0, 0.05) is 61.6 Å². The fraction of sp³-hybridized carbons (Fsp3) is 0.423. The highest BCUT2D eigenvalue weighted by molar-refractivity contribution is 7.81. The molecule has 3 amide bonds. The number of ether oxygens (including phenoxy) is 2. The summed E-state index contributed by atoms with van der Waals surface area (Å²) in [7, 11) is 0. The van der Waals surface area contributed by atoms with E-state index in [2.05, 4.69) is 17.9 Å². The third kappa shape index (κ3) is 8.06. The van der Waals surface area contributed by atoms with Crippen LogP contribution in [0.3, 0.4) is 0 Å². The lowest BCUT2D eigenvalue weighted by Crippen LogP contribution is -2.42. The van der Waals surface area contributed by atoms with E-state index in [1.54, 1.807) is 4.90 Å². The van der Waals surface area contributed by atoms with Crippen molar-refractivity contribution in [1.82, 2.24) is 15.1 Å². The number of nitro benzene ring substituents is 2. The van der Waals surface area contributed by atoms with Gasteiger partial charge in [0.1, 0.15) is 13.2 Å². The Morgan fingerprint density at radius 3 is 2.02 bits per heavy atom. The van der Waals surface area contributed by atoms with E-state index < -0.39 is 28.1 Å². The van der Waals surface area contributed by atoms with Crippen molar-refractivity contribution in [1.29, 1.82) is 0 Å². The predicted octanol–water partition coefficient (Wildman–Crippen LogP) is 3.43. The third-order valence-corrected chi connectivity index (χ3v) is 7.30.